The summed E-state index contributed by atoms with van der Waals surface area (Å²) < 4.78 is 28.7. The molecule has 0 spiro atoms. The van der Waals surface area contributed by atoms with E-state index in [1.54, 1.807) is 0 Å². The lowest BCUT2D eigenvalue weighted by Crippen LogP contribution is -2.43. The molecule has 0 saturated heterocycles. The maximum Gasteiger partial charge on any atom is 0.306 e. The molecule has 0 aliphatic heterocycles. The number of quaternary nitrogens is 1. The van der Waals surface area contributed by atoms with E-state index in [0.717, 1.165) is 64.2 Å². The number of nitrogens with zero attached hydrogens (tertiary/aromatic N) is 1. The zero-order valence-corrected chi connectivity index (χ0v) is 30.6. The van der Waals surface area contributed by atoms with E-state index >= 15 is 0 Å². The number of ketones is 1. The minimum Gasteiger partial charge on any atom is -0.756 e. The molecule has 268 valence electrons. The third-order valence-electron chi connectivity index (χ3n) is 7.42. The molecule has 46 heavy (non-hydrogen) atoms. The van der Waals surface area contributed by atoms with Gasteiger partial charge in [0.1, 0.15) is 13.2 Å². The lowest BCUT2D eigenvalue weighted by molar-refractivity contribution is -0.870. The molecule has 10 heteroatoms. The smallest absolute Gasteiger partial charge is 0.306 e. The second kappa shape index (κ2) is 28.4. The summed E-state index contributed by atoms with van der Waals surface area (Å²) in [7, 11) is 0.758. The maximum atomic E-state index is 13.1. The molecule has 3 atom stereocenters. The van der Waals surface area contributed by atoms with Crippen LogP contribution in [0.4, 0.5) is 0 Å². The predicted octanol–water partition coefficient (Wildman–Crippen LogP) is 7.77. The van der Waals surface area contributed by atoms with Crippen LogP contribution >= 0.6 is 7.82 Å². The molecular formula is C36H66NO8P. The highest BCUT2D eigenvalue weighted by atomic mass is 31.2. The van der Waals surface area contributed by atoms with Crippen LogP contribution in [0.5, 0.6) is 0 Å². The average molecular weight is 672 g/mol. The number of unbranched alkanes of at least 4 members (excludes halogenated alkanes) is 11. The van der Waals surface area contributed by atoms with Gasteiger partial charge in [0.15, 0.2) is 18.0 Å². The van der Waals surface area contributed by atoms with Gasteiger partial charge in [0.05, 0.1) is 27.7 Å². The molecule has 0 aliphatic carbocycles. The zero-order valence-electron chi connectivity index (χ0n) is 29.7. The van der Waals surface area contributed by atoms with Crippen LogP contribution in [0.1, 0.15) is 129 Å². The number of allylic oxidation sites excluding steroid dienone is 6. The monoisotopic (exact) mass is 671 g/mol. The van der Waals surface area contributed by atoms with Crippen LogP contribution in [0.3, 0.4) is 0 Å². The second-order valence-corrected chi connectivity index (χ2v) is 14.4. The number of aliphatic hydroxyl groups is 1. The molecule has 0 rings (SSSR count). The number of phosphoric acid groups is 1. The summed E-state index contributed by atoms with van der Waals surface area (Å²) in [5.41, 5.74) is 0. The summed E-state index contributed by atoms with van der Waals surface area (Å²) in [6.45, 7) is 3.88. The van der Waals surface area contributed by atoms with Gasteiger partial charge in [0.2, 0.25) is 0 Å². The predicted molar refractivity (Wildman–Crippen MR) is 185 cm³/mol. The van der Waals surface area contributed by atoms with Crippen molar-refractivity contribution in [2.45, 2.75) is 142 Å². The first-order valence-electron chi connectivity index (χ1n) is 17.7. The normalized spacial score (nSPS) is 15.1. The van der Waals surface area contributed by atoms with Crippen LogP contribution in [0.2, 0.25) is 0 Å². The molecule has 0 radical (unpaired) electrons. The van der Waals surface area contributed by atoms with E-state index < -0.39 is 38.4 Å². The summed E-state index contributed by atoms with van der Waals surface area (Å²) in [5.74, 6) is -1.15. The van der Waals surface area contributed by atoms with Gasteiger partial charge in [0.25, 0.3) is 7.82 Å². The van der Waals surface area contributed by atoms with E-state index in [9.17, 15) is 24.2 Å². The van der Waals surface area contributed by atoms with E-state index in [-0.39, 0.29) is 19.4 Å². The molecule has 0 aromatic rings. The number of aliphatic hydroxyl groups excluding tert-OH is 1. The Balaban J connectivity index is 4.81. The standard InChI is InChI=1S/C36H66NO8P/c1-6-8-10-12-14-15-16-17-18-19-20-21-23-25-27-29-35(40)44-34(32-38)36(33(39)28-26-24-22-13-11-9-7-2)45-46(41,42)43-31-30-37(3,4)5/h14-15,17-18,20-21,34,36,38H,6-13,16,19,22-32H2,1-5H3/b15-14-,18-17-,21-20-/t34-,36?/m0/s1. The number of hydrogen-bond acceptors (Lipinski definition) is 8. The fraction of sp³-hybridized carbons (Fsp3) is 0.778. The van der Waals surface area contributed by atoms with Gasteiger partial charge in [-0.15, -0.1) is 0 Å². The molecule has 2 unspecified atom stereocenters. The van der Waals surface area contributed by atoms with Gasteiger partial charge in [-0.05, 0) is 51.4 Å². The van der Waals surface area contributed by atoms with Crippen LogP contribution in [-0.4, -0.2) is 74.5 Å². The number of phosphoric ester groups is 1. The fourth-order valence-electron chi connectivity index (χ4n) is 4.57. The second-order valence-electron chi connectivity index (χ2n) is 13.0. The third kappa shape index (κ3) is 27.5. The van der Waals surface area contributed by atoms with Gasteiger partial charge >= 0.3 is 5.97 Å². The fourth-order valence-corrected chi connectivity index (χ4v) is 5.47. The topological polar surface area (TPSA) is 122 Å². The number of carbonyl (C=O) groups is 2. The Kier molecular flexibility index (Phi) is 27.4. The Hall–Kier alpha value is -1.61. The molecular weight excluding hydrogens is 605 g/mol. The lowest BCUT2D eigenvalue weighted by atomic mass is 10.0. The number of hydrogen-bond donors (Lipinski definition) is 1. The Labute approximate surface area is 280 Å². The van der Waals surface area contributed by atoms with Crippen molar-refractivity contribution in [1.29, 1.82) is 0 Å². The van der Waals surface area contributed by atoms with Crippen molar-refractivity contribution in [3.63, 3.8) is 0 Å². The van der Waals surface area contributed by atoms with Crippen molar-refractivity contribution in [1.82, 2.24) is 0 Å². The van der Waals surface area contributed by atoms with Gasteiger partial charge < -0.3 is 28.3 Å². The molecule has 0 saturated carbocycles. The SMILES string of the molecule is CCCCC/C=C\C/C=C\C/C=C\CCCCC(=O)O[C@@H](CO)C(OP(=O)([O-])OCC[N+](C)(C)C)C(=O)CCCCCCCCC. The molecule has 0 aliphatic rings. The van der Waals surface area contributed by atoms with E-state index in [0.29, 0.717) is 23.9 Å². The maximum absolute atomic E-state index is 13.1. The van der Waals surface area contributed by atoms with Gasteiger partial charge in [-0.3, -0.25) is 14.2 Å². The van der Waals surface area contributed by atoms with Crippen molar-refractivity contribution < 1.29 is 42.4 Å². The van der Waals surface area contributed by atoms with Crippen molar-refractivity contribution in [3.8, 4) is 0 Å². The van der Waals surface area contributed by atoms with Crippen molar-refractivity contribution in [3.05, 3.63) is 36.5 Å². The van der Waals surface area contributed by atoms with Gasteiger partial charge in [-0.25, -0.2) is 0 Å². The number of carbonyl (C=O) groups excluding carboxylic acids is 2. The third-order valence-corrected chi connectivity index (χ3v) is 8.40. The first-order valence-corrected chi connectivity index (χ1v) is 19.1. The highest BCUT2D eigenvalue weighted by Crippen LogP contribution is 2.41. The largest absolute Gasteiger partial charge is 0.756 e. The van der Waals surface area contributed by atoms with Crippen molar-refractivity contribution in [2.24, 2.45) is 0 Å². The van der Waals surface area contributed by atoms with Gasteiger partial charge in [0, 0.05) is 12.8 Å². The minimum atomic E-state index is -4.91. The number of Topliss-reactive ketones (excluding diaryl/α,β-unsaturated/α-hetero) is 1. The zero-order chi connectivity index (χ0) is 34.5. The summed E-state index contributed by atoms with van der Waals surface area (Å²) in [4.78, 5) is 38.3. The van der Waals surface area contributed by atoms with Crippen LogP contribution in [0.15, 0.2) is 36.5 Å². The molecule has 0 fully saturated rings. The van der Waals surface area contributed by atoms with Crippen molar-refractivity contribution in [2.75, 3.05) is 40.9 Å². The quantitative estimate of drug-likeness (QED) is 0.0261. The molecule has 0 aromatic carbocycles. The van der Waals surface area contributed by atoms with E-state index in [4.69, 9.17) is 13.8 Å². The molecule has 0 aromatic heterocycles. The minimum absolute atomic E-state index is 0.0582. The Morgan fingerprint density at radius 1 is 0.761 bits per heavy atom. The molecule has 1 N–H and O–H groups in total. The van der Waals surface area contributed by atoms with Crippen LogP contribution in [0, 0.1) is 0 Å². The van der Waals surface area contributed by atoms with Crippen LogP contribution in [0.25, 0.3) is 0 Å². The number of rotatable bonds is 31. The average Bonchev–Trinajstić information content (AvgIpc) is 2.99. The van der Waals surface area contributed by atoms with E-state index in [2.05, 4.69) is 50.3 Å². The summed E-state index contributed by atoms with van der Waals surface area (Å²) >= 11 is 0. The number of esters is 1. The Morgan fingerprint density at radius 3 is 1.83 bits per heavy atom. The Morgan fingerprint density at radius 2 is 1.26 bits per heavy atom. The summed E-state index contributed by atoms with van der Waals surface area (Å²) in [5, 5.41) is 10.0. The summed E-state index contributed by atoms with van der Waals surface area (Å²) in [6, 6.07) is 0. The highest BCUT2D eigenvalue weighted by Gasteiger charge is 2.35. The molecule has 0 heterocycles. The first-order chi connectivity index (χ1) is 22.0. The summed E-state index contributed by atoms with van der Waals surface area (Å²) in [6.07, 6.45) is 25.8. The van der Waals surface area contributed by atoms with E-state index in [1.165, 1.54) is 25.7 Å². The molecule has 9 nitrogen and oxygen atoms in total. The number of ether oxygens (including phenoxy) is 1. The molecule has 0 amide bonds. The van der Waals surface area contributed by atoms with Gasteiger partial charge in [-0.2, -0.15) is 0 Å². The van der Waals surface area contributed by atoms with Crippen molar-refractivity contribution >= 4 is 19.6 Å². The van der Waals surface area contributed by atoms with Crippen LogP contribution < -0.4 is 4.89 Å². The van der Waals surface area contributed by atoms with Gasteiger partial charge in [-0.1, -0.05) is 102 Å². The highest BCUT2D eigenvalue weighted by molar-refractivity contribution is 7.45. The van der Waals surface area contributed by atoms with E-state index in [1.807, 2.05) is 21.1 Å². The lowest BCUT2D eigenvalue weighted by Gasteiger charge is -2.32. The van der Waals surface area contributed by atoms with Crippen LogP contribution in [-0.2, 0) is 27.9 Å². The number of likely N-dealkylation sites (N-methyl/N-ethyl adjacent to an activating group) is 1. The molecule has 0 bridgehead atoms. The Bertz CT molecular complexity index is 912. The first kappa shape index (κ1) is 44.4.